The Morgan fingerprint density at radius 1 is 0.875 bits per heavy atom. The van der Waals surface area contributed by atoms with Crippen LogP contribution in [0, 0.1) is 0 Å². The van der Waals surface area contributed by atoms with Crippen LogP contribution in [0.4, 0.5) is 0 Å². The van der Waals surface area contributed by atoms with Crippen molar-refractivity contribution in [1.29, 1.82) is 0 Å². The summed E-state index contributed by atoms with van der Waals surface area (Å²) in [5, 5.41) is 19.1. The van der Waals surface area contributed by atoms with Crippen LogP contribution in [-0.4, -0.2) is 27.8 Å². The number of phosphoric ester groups is 1. The summed E-state index contributed by atoms with van der Waals surface area (Å²) in [6.07, 6.45) is 12.8. The van der Waals surface area contributed by atoms with Crippen LogP contribution in [-0.2, 0) is 22.9 Å². The second-order valence-electron chi connectivity index (χ2n) is 6.71. The lowest BCUT2D eigenvalue weighted by Gasteiger charge is -2.36. The van der Waals surface area contributed by atoms with Crippen LogP contribution >= 0.6 is 7.82 Å². The number of rotatable bonds is 13. The molecule has 0 amide bonds. The summed E-state index contributed by atoms with van der Waals surface area (Å²) in [6.45, 7) is 2.22. The van der Waals surface area contributed by atoms with Gasteiger partial charge in [0.2, 0.25) is 0 Å². The fourth-order valence-electron chi connectivity index (χ4n) is 3.25. The molecule has 3 heterocycles. The van der Waals surface area contributed by atoms with Gasteiger partial charge in [-0.25, -0.2) is 22.9 Å². The molecule has 0 saturated carbocycles. The molecule has 7 nitrogen and oxygen atoms in total. The second-order valence-corrected chi connectivity index (χ2v) is 8.15. The van der Waals surface area contributed by atoms with Crippen LogP contribution < -0.4 is 0 Å². The third-order valence-electron chi connectivity index (χ3n) is 4.68. The number of aliphatic hydroxyl groups is 1. The standard InChI is InChI=1S/C16H29O7P/c1-2-3-4-5-6-7-8-9-10-11-12-13-15-16(19,14(17)18)23-24(20,21-15)22-15/h19H,2-13H2,1H3,(H,17,18). The third-order valence-corrected chi connectivity index (χ3v) is 6.20. The molecule has 0 spiro atoms. The maximum Gasteiger partial charge on any atom is 0.483 e. The van der Waals surface area contributed by atoms with Crippen molar-refractivity contribution < 1.29 is 33.1 Å². The first-order chi connectivity index (χ1) is 11.4. The maximum atomic E-state index is 11.6. The van der Waals surface area contributed by atoms with Gasteiger partial charge in [0.15, 0.2) is 0 Å². The number of aliphatic carboxylic acids is 1. The first-order valence-corrected chi connectivity index (χ1v) is 10.5. The molecule has 3 rings (SSSR count). The van der Waals surface area contributed by atoms with E-state index in [9.17, 15) is 14.5 Å². The Balaban J connectivity index is 1.55. The number of fused-ring (bicyclic) bond motifs is 1. The van der Waals surface area contributed by atoms with Gasteiger partial charge in [0, 0.05) is 6.42 Å². The lowest BCUT2D eigenvalue weighted by Crippen LogP contribution is -2.58. The first kappa shape index (κ1) is 19.9. The molecule has 2 N–H and O–H groups in total. The van der Waals surface area contributed by atoms with E-state index in [1.54, 1.807) is 0 Å². The van der Waals surface area contributed by atoms with Crippen LogP contribution in [0.2, 0.25) is 0 Å². The molecular formula is C16H29O7P. The fourth-order valence-corrected chi connectivity index (χ4v) is 5.03. The average Bonchev–Trinajstić information content (AvgIpc) is 2.86. The fraction of sp³-hybridized carbons (Fsp3) is 0.938. The Labute approximate surface area is 143 Å². The molecule has 0 aromatic rings. The highest BCUT2D eigenvalue weighted by Gasteiger charge is 2.82. The van der Waals surface area contributed by atoms with E-state index in [4.69, 9.17) is 14.2 Å². The molecule has 3 saturated heterocycles. The topological polar surface area (TPSA) is 102 Å². The molecule has 0 aromatic carbocycles. The van der Waals surface area contributed by atoms with Gasteiger partial charge in [-0.3, -0.25) is 0 Å². The zero-order chi connectivity index (χ0) is 17.7. The van der Waals surface area contributed by atoms with E-state index >= 15 is 0 Å². The summed E-state index contributed by atoms with van der Waals surface area (Å²) in [4.78, 5) is 11.2. The Morgan fingerprint density at radius 3 is 1.79 bits per heavy atom. The predicted octanol–water partition coefficient (Wildman–Crippen LogP) is 4.34. The second kappa shape index (κ2) is 8.28. The van der Waals surface area contributed by atoms with Crippen molar-refractivity contribution in [2.45, 2.75) is 95.5 Å². The Kier molecular flexibility index (Phi) is 6.85. The van der Waals surface area contributed by atoms with Crippen molar-refractivity contribution in [3.05, 3.63) is 0 Å². The summed E-state index contributed by atoms with van der Waals surface area (Å²) in [5.41, 5.74) is 0. The summed E-state index contributed by atoms with van der Waals surface area (Å²) in [6, 6.07) is 0. The number of hydrogen-bond acceptors (Lipinski definition) is 6. The van der Waals surface area contributed by atoms with Gasteiger partial charge in [-0.1, -0.05) is 71.1 Å². The number of carbonyl (C=O) groups is 1. The summed E-state index contributed by atoms with van der Waals surface area (Å²) in [5.74, 6) is -6.12. The minimum absolute atomic E-state index is 0.150. The summed E-state index contributed by atoms with van der Waals surface area (Å²) in [7, 11) is -3.85. The maximum absolute atomic E-state index is 11.6. The number of unbranched alkanes of at least 4 members (excludes halogenated alkanes) is 10. The van der Waals surface area contributed by atoms with Crippen molar-refractivity contribution in [3.8, 4) is 0 Å². The van der Waals surface area contributed by atoms with Crippen LogP contribution in [0.25, 0.3) is 0 Å². The van der Waals surface area contributed by atoms with Gasteiger partial charge < -0.3 is 10.2 Å². The van der Waals surface area contributed by atoms with E-state index in [2.05, 4.69) is 11.4 Å². The average molecular weight is 364 g/mol. The van der Waals surface area contributed by atoms with Crippen LogP contribution in [0.15, 0.2) is 0 Å². The van der Waals surface area contributed by atoms with Gasteiger partial charge in [0.05, 0.1) is 0 Å². The lowest BCUT2D eigenvalue weighted by molar-refractivity contribution is -0.283. The smallest absolute Gasteiger partial charge is 0.477 e. The van der Waals surface area contributed by atoms with Crippen LogP contribution in [0.1, 0.15) is 84.0 Å². The molecule has 140 valence electrons. The Hall–Kier alpha value is -0.460. The van der Waals surface area contributed by atoms with Crippen molar-refractivity contribution in [3.63, 3.8) is 0 Å². The van der Waals surface area contributed by atoms with Gasteiger partial charge in [-0.05, 0) is 6.42 Å². The Morgan fingerprint density at radius 2 is 1.33 bits per heavy atom. The van der Waals surface area contributed by atoms with Gasteiger partial charge in [0.25, 0.3) is 5.79 Å². The van der Waals surface area contributed by atoms with Gasteiger partial charge in [0.1, 0.15) is 0 Å². The van der Waals surface area contributed by atoms with Gasteiger partial charge in [-0.15, -0.1) is 0 Å². The molecule has 1 unspecified atom stereocenters. The summed E-state index contributed by atoms with van der Waals surface area (Å²) < 4.78 is 26.2. The van der Waals surface area contributed by atoms with E-state index in [-0.39, 0.29) is 6.42 Å². The van der Waals surface area contributed by atoms with Crippen LogP contribution in [0.3, 0.4) is 0 Å². The SMILES string of the molecule is CCCCCCCCCCCCCC12OP(=O)(O1)OC2(O)C(=O)O. The molecule has 3 aliphatic rings. The number of hydrogen-bond donors (Lipinski definition) is 2. The third kappa shape index (κ3) is 4.20. The highest BCUT2D eigenvalue weighted by Crippen LogP contribution is 2.78. The monoisotopic (exact) mass is 364 g/mol. The van der Waals surface area contributed by atoms with Gasteiger partial charge in [-0.2, -0.15) is 0 Å². The minimum atomic E-state index is -3.85. The highest BCUT2D eigenvalue weighted by atomic mass is 31.2. The number of phosphoric acid groups is 1. The molecule has 24 heavy (non-hydrogen) atoms. The Bertz CT molecular complexity index is 471. The quantitative estimate of drug-likeness (QED) is 0.370. The largest absolute Gasteiger partial charge is 0.483 e. The normalized spacial score (nSPS) is 34.2. The highest BCUT2D eigenvalue weighted by molar-refractivity contribution is 7.50. The molecular weight excluding hydrogens is 335 g/mol. The molecule has 1 atom stereocenters. The molecule has 3 fully saturated rings. The van der Waals surface area contributed by atoms with Crippen molar-refractivity contribution in [2.24, 2.45) is 0 Å². The molecule has 0 radical (unpaired) electrons. The zero-order valence-electron chi connectivity index (χ0n) is 14.4. The summed E-state index contributed by atoms with van der Waals surface area (Å²) >= 11 is 0. The van der Waals surface area contributed by atoms with E-state index in [1.807, 2.05) is 0 Å². The zero-order valence-corrected chi connectivity index (χ0v) is 15.3. The molecule has 8 heteroatoms. The number of carboxylic acids is 1. The molecule has 0 aromatic heterocycles. The van der Waals surface area contributed by atoms with E-state index < -0.39 is 25.4 Å². The van der Waals surface area contributed by atoms with E-state index in [1.165, 1.54) is 44.9 Å². The molecule has 0 aliphatic carbocycles. The molecule has 3 aliphatic heterocycles. The molecule has 2 bridgehead atoms. The van der Waals surface area contributed by atoms with E-state index in [0.717, 1.165) is 19.3 Å². The van der Waals surface area contributed by atoms with Crippen molar-refractivity contribution >= 4 is 13.8 Å². The minimum Gasteiger partial charge on any atom is -0.477 e. The number of carboxylic acid groups (broad SMARTS) is 1. The van der Waals surface area contributed by atoms with Gasteiger partial charge >= 0.3 is 19.6 Å². The van der Waals surface area contributed by atoms with E-state index in [0.29, 0.717) is 6.42 Å². The lowest BCUT2D eigenvalue weighted by atomic mass is 9.98. The van der Waals surface area contributed by atoms with Crippen LogP contribution in [0.5, 0.6) is 0 Å². The van der Waals surface area contributed by atoms with Crippen molar-refractivity contribution in [2.75, 3.05) is 0 Å². The first-order valence-electron chi connectivity index (χ1n) is 9.05. The van der Waals surface area contributed by atoms with Crippen molar-refractivity contribution in [1.82, 2.24) is 0 Å². The predicted molar refractivity (Wildman–Crippen MR) is 87.3 cm³/mol.